The van der Waals surface area contributed by atoms with Crippen LogP contribution in [-0.4, -0.2) is 37.0 Å². The van der Waals surface area contributed by atoms with Gasteiger partial charge in [-0.2, -0.15) is 0 Å². The molecule has 6 heteroatoms. The van der Waals surface area contributed by atoms with Crippen molar-refractivity contribution in [2.24, 2.45) is 0 Å². The van der Waals surface area contributed by atoms with Crippen molar-refractivity contribution in [3.05, 3.63) is 78.9 Å². The molecular formula is C22H22N2O3S. The molecule has 0 aliphatic rings. The summed E-state index contributed by atoms with van der Waals surface area (Å²) in [4.78, 5) is 0. The summed E-state index contributed by atoms with van der Waals surface area (Å²) in [5.41, 5.74) is 2.59. The van der Waals surface area contributed by atoms with Gasteiger partial charge in [-0.15, -0.1) is 0 Å². The predicted molar refractivity (Wildman–Crippen MR) is 114 cm³/mol. The fourth-order valence-corrected chi connectivity index (χ4v) is 4.63. The van der Waals surface area contributed by atoms with E-state index in [1.54, 1.807) is 24.3 Å². The average Bonchev–Trinajstić information content (AvgIpc) is 3.00. The lowest BCUT2D eigenvalue weighted by atomic mass is 10.2. The monoisotopic (exact) mass is 394 g/mol. The fraction of sp³-hybridized carbons (Fsp3) is 0.182. The molecule has 0 unspecified atom stereocenters. The van der Waals surface area contributed by atoms with Gasteiger partial charge in [0.2, 0.25) is 10.0 Å². The Balaban J connectivity index is 1.69. The standard InChI is InChI=1S/C22H22N2O3S/c1-28(26,27)24(17-9-3-2-4-10-17)16-18(25)15-23-21-13-7-5-11-19(21)20-12-6-8-14-22(20)23/h2-14,18,25H,15-16H2,1H3/t18-/m0/s1. The van der Waals surface area contributed by atoms with E-state index in [0.717, 1.165) is 28.1 Å². The largest absolute Gasteiger partial charge is 0.389 e. The summed E-state index contributed by atoms with van der Waals surface area (Å²) < 4.78 is 27.9. The van der Waals surface area contributed by atoms with Gasteiger partial charge < -0.3 is 9.67 Å². The number of sulfonamides is 1. The van der Waals surface area contributed by atoms with Crippen molar-refractivity contribution < 1.29 is 13.5 Å². The van der Waals surface area contributed by atoms with Gasteiger partial charge >= 0.3 is 0 Å². The lowest BCUT2D eigenvalue weighted by Gasteiger charge is -2.25. The maximum Gasteiger partial charge on any atom is 0.232 e. The van der Waals surface area contributed by atoms with Crippen LogP contribution < -0.4 is 4.31 Å². The van der Waals surface area contributed by atoms with Crippen molar-refractivity contribution in [1.29, 1.82) is 0 Å². The van der Waals surface area contributed by atoms with Crippen molar-refractivity contribution in [3.8, 4) is 0 Å². The molecule has 0 radical (unpaired) electrons. The molecule has 5 nitrogen and oxygen atoms in total. The number of rotatable bonds is 6. The van der Waals surface area contributed by atoms with E-state index in [-0.39, 0.29) is 6.54 Å². The number of aromatic nitrogens is 1. The first-order chi connectivity index (χ1) is 13.4. The number of benzene rings is 3. The average molecular weight is 394 g/mol. The zero-order valence-corrected chi connectivity index (χ0v) is 16.4. The van der Waals surface area contributed by atoms with E-state index in [9.17, 15) is 13.5 Å². The van der Waals surface area contributed by atoms with Gasteiger partial charge in [0.25, 0.3) is 0 Å². The van der Waals surface area contributed by atoms with E-state index in [2.05, 4.69) is 16.7 Å². The minimum Gasteiger partial charge on any atom is -0.389 e. The second-order valence-electron chi connectivity index (χ2n) is 6.93. The summed E-state index contributed by atoms with van der Waals surface area (Å²) in [5, 5.41) is 13.0. The number of aliphatic hydroxyl groups is 1. The Morgan fingerprint density at radius 1 is 0.857 bits per heavy atom. The van der Waals surface area contributed by atoms with Crippen molar-refractivity contribution in [1.82, 2.24) is 4.57 Å². The second kappa shape index (κ2) is 7.30. The lowest BCUT2D eigenvalue weighted by Crippen LogP contribution is -2.38. The highest BCUT2D eigenvalue weighted by molar-refractivity contribution is 7.92. The maximum absolute atomic E-state index is 12.3. The lowest BCUT2D eigenvalue weighted by molar-refractivity contribution is 0.166. The first-order valence-corrected chi connectivity index (χ1v) is 11.0. The Hall–Kier alpha value is -2.83. The molecule has 3 aromatic carbocycles. The summed E-state index contributed by atoms with van der Waals surface area (Å²) in [6, 6.07) is 25.0. The van der Waals surface area contributed by atoms with Gasteiger partial charge in [-0.3, -0.25) is 4.31 Å². The summed E-state index contributed by atoms with van der Waals surface area (Å²) in [6.07, 6.45) is 0.293. The molecule has 0 amide bonds. The zero-order chi connectivity index (χ0) is 19.7. The van der Waals surface area contributed by atoms with E-state index < -0.39 is 16.1 Å². The molecule has 1 aromatic heterocycles. The number of aliphatic hydroxyl groups excluding tert-OH is 1. The second-order valence-corrected chi connectivity index (χ2v) is 8.84. The molecule has 4 aromatic rings. The summed E-state index contributed by atoms with van der Waals surface area (Å²) >= 11 is 0. The predicted octanol–water partition coefficient (Wildman–Crippen LogP) is 3.62. The summed E-state index contributed by atoms with van der Waals surface area (Å²) in [7, 11) is -3.51. The van der Waals surface area contributed by atoms with Crippen molar-refractivity contribution in [2.75, 3.05) is 17.1 Å². The first-order valence-electron chi connectivity index (χ1n) is 9.12. The molecule has 0 bridgehead atoms. The van der Waals surface area contributed by atoms with Gasteiger partial charge in [0.05, 0.1) is 31.1 Å². The van der Waals surface area contributed by atoms with Crippen LogP contribution in [0.5, 0.6) is 0 Å². The van der Waals surface area contributed by atoms with E-state index in [1.807, 2.05) is 42.5 Å². The molecule has 144 valence electrons. The van der Waals surface area contributed by atoms with Crippen LogP contribution in [0.25, 0.3) is 21.8 Å². The molecule has 0 saturated carbocycles. The van der Waals surface area contributed by atoms with Crippen LogP contribution in [0.3, 0.4) is 0 Å². The van der Waals surface area contributed by atoms with E-state index in [0.29, 0.717) is 12.2 Å². The van der Waals surface area contributed by atoms with Crippen molar-refractivity contribution >= 4 is 37.5 Å². The zero-order valence-electron chi connectivity index (χ0n) is 15.6. The quantitative estimate of drug-likeness (QED) is 0.543. The number of fused-ring (bicyclic) bond motifs is 3. The van der Waals surface area contributed by atoms with Gasteiger partial charge in [-0.25, -0.2) is 8.42 Å². The van der Waals surface area contributed by atoms with E-state index >= 15 is 0 Å². The van der Waals surface area contributed by atoms with Crippen LogP contribution in [0.4, 0.5) is 5.69 Å². The number of nitrogens with zero attached hydrogens (tertiary/aromatic N) is 2. The summed E-state index contributed by atoms with van der Waals surface area (Å²) in [6.45, 7) is 0.288. The molecule has 0 saturated heterocycles. The Labute approximate surface area is 164 Å². The van der Waals surface area contributed by atoms with Gasteiger partial charge in [-0.1, -0.05) is 54.6 Å². The van der Waals surface area contributed by atoms with Crippen molar-refractivity contribution in [2.45, 2.75) is 12.6 Å². The van der Waals surface area contributed by atoms with Gasteiger partial charge in [0.15, 0.2) is 0 Å². The highest BCUT2D eigenvalue weighted by atomic mass is 32.2. The van der Waals surface area contributed by atoms with E-state index in [4.69, 9.17) is 0 Å². The van der Waals surface area contributed by atoms with Gasteiger partial charge in [-0.05, 0) is 24.3 Å². The molecule has 0 aliphatic heterocycles. The number of hydrogen-bond acceptors (Lipinski definition) is 3. The SMILES string of the molecule is CS(=O)(=O)N(C[C@@H](O)Cn1c2ccccc2c2ccccc21)c1ccccc1. The van der Waals surface area contributed by atoms with Gasteiger partial charge in [0.1, 0.15) is 0 Å². The summed E-state index contributed by atoms with van der Waals surface area (Å²) in [5.74, 6) is 0. The van der Waals surface area contributed by atoms with Crippen LogP contribution in [0.1, 0.15) is 0 Å². The molecule has 4 rings (SSSR count). The molecule has 0 aliphatic carbocycles. The van der Waals surface area contributed by atoms with Crippen molar-refractivity contribution in [3.63, 3.8) is 0 Å². The topological polar surface area (TPSA) is 62.5 Å². The molecule has 0 fully saturated rings. The number of para-hydroxylation sites is 3. The number of hydrogen-bond donors (Lipinski definition) is 1. The Kier molecular flexibility index (Phi) is 4.83. The van der Waals surface area contributed by atoms with Crippen LogP contribution in [0, 0.1) is 0 Å². The Morgan fingerprint density at radius 3 is 1.89 bits per heavy atom. The molecule has 1 atom stereocenters. The third kappa shape index (κ3) is 3.48. The molecule has 1 heterocycles. The minimum atomic E-state index is -3.51. The van der Waals surface area contributed by atoms with E-state index in [1.165, 1.54) is 4.31 Å². The van der Waals surface area contributed by atoms with Crippen LogP contribution in [0.15, 0.2) is 78.9 Å². The number of anilines is 1. The highest BCUT2D eigenvalue weighted by Crippen LogP contribution is 2.29. The highest BCUT2D eigenvalue weighted by Gasteiger charge is 2.22. The van der Waals surface area contributed by atoms with Crippen LogP contribution in [-0.2, 0) is 16.6 Å². The minimum absolute atomic E-state index is 0.0102. The smallest absolute Gasteiger partial charge is 0.232 e. The third-order valence-electron chi connectivity index (χ3n) is 4.89. The molecule has 1 N–H and O–H groups in total. The normalized spacial score (nSPS) is 13.1. The van der Waals surface area contributed by atoms with Crippen LogP contribution in [0.2, 0.25) is 0 Å². The first kappa shape index (κ1) is 18.5. The van der Waals surface area contributed by atoms with Gasteiger partial charge in [0, 0.05) is 21.8 Å². The third-order valence-corrected chi connectivity index (χ3v) is 6.05. The van der Waals surface area contributed by atoms with Crippen LogP contribution >= 0.6 is 0 Å². The molecule has 0 spiro atoms. The molecule has 28 heavy (non-hydrogen) atoms. The fourth-order valence-electron chi connectivity index (χ4n) is 3.69. The Bertz CT molecular complexity index is 1160. The Morgan fingerprint density at radius 2 is 1.36 bits per heavy atom. The maximum atomic E-state index is 12.3. The molecular weight excluding hydrogens is 372 g/mol.